The molecule has 18 heavy (non-hydrogen) atoms. The Morgan fingerprint density at radius 3 is 1.50 bits per heavy atom. The van der Waals surface area contributed by atoms with Crippen molar-refractivity contribution in [3.8, 4) is 0 Å². The van der Waals surface area contributed by atoms with Crippen LogP contribution in [0.2, 0.25) is 0 Å². The summed E-state index contributed by atoms with van der Waals surface area (Å²) in [5.74, 6) is -0.0833. The average molecular weight is 299 g/mol. The van der Waals surface area contributed by atoms with Crippen LogP contribution in [0.5, 0.6) is 0 Å². The molecule has 0 fully saturated rings. The molecule has 0 aliphatic heterocycles. The third-order valence-corrected chi connectivity index (χ3v) is 1.30. The van der Waals surface area contributed by atoms with Crippen molar-refractivity contribution in [3.63, 3.8) is 0 Å². The number of allylic oxidation sites excluding steroid dienone is 1. The maximum absolute atomic E-state index is 10.7. The lowest BCUT2D eigenvalue weighted by Crippen LogP contribution is -2.21. The van der Waals surface area contributed by atoms with E-state index in [0.29, 0.717) is 0 Å². The normalized spacial score (nSPS) is 10.9. The zero-order valence-corrected chi connectivity index (χ0v) is 10.1. The highest BCUT2D eigenvalue weighted by molar-refractivity contribution is 7.86. The van der Waals surface area contributed by atoms with E-state index in [1.54, 1.807) is 0 Å². The van der Waals surface area contributed by atoms with E-state index in [2.05, 4.69) is 6.58 Å². The summed E-state index contributed by atoms with van der Waals surface area (Å²) in [6.45, 7) is 3.69. The van der Waals surface area contributed by atoms with Crippen molar-refractivity contribution in [2.75, 3.05) is 13.2 Å². The molecule has 7 nitrogen and oxygen atoms in total. The van der Waals surface area contributed by atoms with Gasteiger partial charge in [-0.25, -0.2) is 0 Å². The van der Waals surface area contributed by atoms with Crippen LogP contribution in [0.15, 0.2) is 12.3 Å². The van der Waals surface area contributed by atoms with Crippen molar-refractivity contribution in [2.45, 2.75) is 18.5 Å². The molecule has 0 radical (unpaired) electrons. The zero-order valence-electron chi connectivity index (χ0n) is 9.25. The van der Waals surface area contributed by atoms with Gasteiger partial charge in [0.05, 0.1) is 13.2 Å². The summed E-state index contributed by atoms with van der Waals surface area (Å²) in [4.78, 5) is 0. The lowest BCUT2D eigenvalue weighted by Gasteiger charge is -1.97. The van der Waals surface area contributed by atoms with Crippen molar-refractivity contribution in [1.82, 2.24) is 0 Å². The Kier molecular flexibility index (Phi) is 12.5. The second kappa shape index (κ2) is 10.1. The molecule has 0 saturated carbocycles. The molecule has 112 valence electrons. The van der Waals surface area contributed by atoms with E-state index in [-0.39, 0.29) is 19.0 Å². The van der Waals surface area contributed by atoms with E-state index < -0.39 is 21.7 Å². The van der Waals surface area contributed by atoms with Gasteiger partial charge in [-0.05, 0) is 0 Å². The molecule has 0 unspecified atom stereocenters. The van der Waals surface area contributed by atoms with Gasteiger partial charge < -0.3 is 20.4 Å². The lowest BCUT2D eigenvalue weighted by molar-refractivity contribution is -0.300. The molecule has 0 bridgehead atoms. The molecule has 0 aromatic rings. The smallest absolute Gasteiger partial charge is 0.522 e. The van der Waals surface area contributed by atoms with E-state index in [4.69, 9.17) is 28.3 Å². The first-order valence-electron chi connectivity index (χ1n) is 4.05. The second-order valence-electron chi connectivity index (χ2n) is 2.64. The molecule has 0 aliphatic carbocycles. The number of hydrogen-bond acceptors (Lipinski definition) is 6. The number of alkyl halides is 3. The SMILES string of the molecule is C=C(C)[O-].O=S(=O)(O)C(F)(F)F.OCC(O)CO. The number of aliphatic hydroxyl groups excluding tert-OH is 3. The quantitative estimate of drug-likeness (QED) is 0.279. The molecular formula is C7H14F3O7S-. The van der Waals surface area contributed by atoms with Crippen LogP contribution >= 0.6 is 0 Å². The predicted octanol–water partition coefficient (Wildman–Crippen LogP) is -1.39. The summed E-state index contributed by atoms with van der Waals surface area (Å²) in [7, 11) is -5.84. The summed E-state index contributed by atoms with van der Waals surface area (Å²) < 4.78 is 57.5. The fraction of sp³-hybridized carbons (Fsp3) is 0.714. The molecule has 0 heterocycles. The van der Waals surface area contributed by atoms with Gasteiger partial charge in [-0.1, -0.05) is 6.92 Å². The Labute approximate surface area is 102 Å². The van der Waals surface area contributed by atoms with Crippen molar-refractivity contribution in [2.24, 2.45) is 0 Å². The summed E-state index contributed by atoms with van der Waals surface area (Å²) in [5.41, 5.74) is -5.53. The van der Waals surface area contributed by atoms with Gasteiger partial charge in [0.1, 0.15) is 6.10 Å². The summed E-state index contributed by atoms with van der Waals surface area (Å²) in [6.07, 6.45) is -0.954. The number of aliphatic hydroxyl groups is 3. The van der Waals surface area contributed by atoms with Gasteiger partial charge in [-0.15, -0.1) is 12.3 Å². The molecule has 0 rings (SSSR count). The maximum Gasteiger partial charge on any atom is 0.522 e. The molecule has 0 aliphatic rings. The standard InChI is InChI=1S/C3H8O3.C3H6O.CHF3O3S/c4-1-3(6)2-5;1-3(2)4;2-1(3,4)8(5,6)7/h3-6H,1-2H2;4H,1H2,2H3;(H,5,6,7)/p-1. The van der Waals surface area contributed by atoms with E-state index in [1.807, 2.05) is 0 Å². The number of halogens is 3. The monoisotopic (exact) mass is 299 g/mol. The molecule has 0 aromatic heterocycles. The molecule has 4 N–H and O–H groups in total. The van der Waals surface area contributed by atoms with E-state index in [9.17, 15) is 18.3 Å². The predicted molar refractivity (Wildman–Crippen MR) is 52.6 cm³/mol. The summed E-state index contributed by atoms with van der Waals surface area (Å²) in [5, 5.41) is 33.3. The van der Waals surface area contributed by atoms with E-state index in [1.165, 1.54) is 6.92 Å². The minimum atomic E-state index is -5.84. The van der Waals surface area contributed by atoms with Gasteiger partial charge in [0.25, 0.3) is 0 Å². The van der Waals surface area contributed by atoms with Gasteiger partial charge in [-0.3, -0.25) is 4.55 Å². The van der Waals surface area contributed by atoms with Crippen molar-refractivity contribution >= 4 is 10.1 Å². The topological polar surface area (TPSA) is 138 Å². The molecule has 0 atom stereocenters. The summed E-state index contributed by atoms with van der Waals surface area (Å²) in [6, 6.07) is 0. The minimum absolute atomic E-state index is 0.0833. The van der Waals surface area contributed by atoms with Crippen LogP contribution in [0.4, 0.5) is 13.2 Å². The molecule has 11 heteroatoms. The summed E-state index contributed by atoms with van der Waals surface area (Å²) >= 11 is 0. The highest BCUT2D eigenvalue weighted by Crippen LogP contribution is 2.20. The third-order valence-electron chi connectivity index (χ3n) is 0.714. The molecule has 0 aromatic carbocycles. The van der Waals surface area contributed by atoms with Gasteiger partial charge in [0.15, 0.2) is 0 Å². The molecule has 0 amide bonds. The fourth-order valence-corrected chi connectivity index (χ4v) is 0.0577. The van der Waals surface area contributed by atoms with E-state index >= 15 is 0 Å². The number of hydrogen-bond donors (Lipinski definition) is 4. The van der Waals surface area contributed by atoms with Crippen molar-refractivity contribution in [3.05, 3.63) is 12.3 Å². The number of rotatable bonds is 2. The lowest BCUT2D eigenvalue weighted by atomic mass is 10.4. The Balaban J connectivity index is -0.000000200. The fourth-order valence-electron chi connectivity index (χ4n) is 0.0577. The van der Waals surface area contributed by atoms with Crippen LogP contribution in [0.3, 0.4) is 0 Å². The third kappa shape index (κ3) is 20.5. The molecule has 0 spiro atoms. The second-order valence-corrected chi connectivity index (χ2v) is 4.05. The first-order valence-corrected chi connectivity index (χ1v) is 5.49. The Bertz CT molecular complexity index is 303. The largest absolute Gasteiger partial charge is 0.876 e. The van der Waals surface area contributed by atoms with Crippen LogP contribution in [0.25, 0.3) is 0 Å². The first-order chi connectivity index (χ1) is 7.79. The average Bonchev–Trinajstić information content (AvgIpc) is 2.13. The van der Waals surface area contributed by atoms with Crippen LogP contribution in [0.1, 0.15) is 6.92 Å². The highest BCUT2D eigenvalue weighted by atomic mass is 32.2. The molecular weight excluding hydrogens is 285 g/mol. The van der Waals surface area contributed by atoms with Gasteiger partial charge in [0.2, 0.25) is 0 Å². The van der Waals surface area contributed by atoms with Crippen LogP contribution < -0.4 is 5.11 Å². The first kappa shape index (κ1) is 22.3. The Hall–Kier alpha value is -0.880. The van der Waals surface area contributed by atoms with Gasteiger partial charge in [-0.2, -0.15) is 21.6 Å². The maximum atomic E-state index is 10.7. The van der Waals surface area contributed by atoms with Crippen molar-refractivity contribution < 1.29 is 46.6 Å². The van der Waals surface area contributed by atoms with Crippen LogP contribution in [-0.4, -0.2) is 53.1 Å². The van der Waals surface area contributed by atoms with Crippen LogP contribution in [0, 0.1) is 0 Å². The minimum Gasteiger partial charge on any atom is -0.876 e. The highest BCUT2D eigenvalue weighted by Gasteiger charge is 2.44. The molecule has 0 saturated heterocycles. The van der Waals surface area contributed by atoms with Gasteiger partial charge >= 0.3 is 15.6 Å². The van der Waals surface area contributed by atoms with Crippen LogP contribution in [-0.2, 0) is 10.1 Å². The Morgan fingerprint density at radius 1 is 1.33 bits per heavy atom. The van der Waals surface area contributed by atoms with E-state index in [0.717, 1.165) is 0 Å². The zero-order chi connectivity index (χ0) is 15.6. The van der Waals surface area contributed by atoms with Gasteiger partial charge in [0, 0.05) is 0 Å². The van der Waals surface area contributed by atoms with Crippen molar-refractivity contribution in [1.29, 1.82) is 0 Å². The Morgan fingerprint density at radius 2 is 1.50 bits per heavy atom.